The highest BCUT2D eigenvalue weighted by atomic mass is 79.9. The van der Waals surface area contributed by atoms with Crippen LogP contribution in [-0.4, -0.2) is 18.9 Å². The van der Waals surface area contributed by atoms with Gasteiger partial charge in [0.25, 0.3) is 12.3 Å². The van der Waals surface area contributed by atoms with Crippen molar-refractivity contribution in [3.05, 3.63) is 28.2 Å². The largest absolute Gasteiger partial charge is 0.399 e. The lowest BCUT2D eigenvalue weighted by Gasteiger charge is -2.06. The third-order valence-corrected chi connectivity index (χ3v) is 2.34. The fraction of sp³-hybridized carbons (Fsp3) is 0.222. The molecule has 1 aromatic carbocycles. The molecule has 1 aromatic rings. The lowest BCUT2D eigenvalue weighted by molar-refractivity contribution is 0.0891. The maximum atomic E-state index is 11.8. The SMILES string of the molecule is Nc1ccc(Br)c(C(=O)NCC(F)F)c1. The van der Waals surface area contributed by atoms with Crippen LogP contribution in [0.1, 0.15) is 10.4 Å². The van der Waals surface area contributed by atoms with E-state index in [-0.39, 0.29) is 5.56 Å². The van der Waals surface area contributed by atoms with Crippen molar-refractivity contribution in [3.63, 3.8) is 0 Å². The standard InChI is InChI=1S/C9H9BrF2N2O/c10-7-2-1-5(13)3-6(7)9(15)14-4-8(11)12/h1-3,8H,4,13H2,(H,14,15). The predicted molar refractivity (Wildman–Crippen MR) is 56.9 cm³/mol. The van der Waals surface area contributed by atoms with Gasteiger partial charge in [-0.3, -0.25) is 4.79 Å². The van der Waals surface area contributed by atoms with Crippen molar-refractivity contribution in [2.75, 3.05) is 12.3 Å². The van der Waals surface area contributed by atoms with Crippen LogP contribution in [0.25, 0.3) is 0 Å². The van der Waals surface area contributed by atoms with E-state index in [1.807, 2.05) is 0 Å². The first-order chi connectivity index (χ1) is 7.00. The molecule has 15 heavy (non-hydrogen) atoms. The summed E-state index contributed by atoms with van der Waals surface area (Å²) < 4.78 is 24.2. The molecule has 0 radical (unpaired) electrons. The number of nitrogen functional groups attached to an aromatic ring is 1. The van der Waals surface area contributed by atoms with Crippen molar-refractivity contribution >= 4 is 27.5 Å². The smallest absolute Gasteiger partial charge is 0.255 e. The Bertz CT molecular complexity index is 371. The number of rotatable bonds is 3. The van der Waals surface area contributed by atoms with E-state index in [9.17, 15) is 13.6 Å². The average Bonchev–Trinajstić information content (AvgIpc) is 2.18. The lowest BCUT2D eigenvalue weighted by atomic mass is 10.2. The maximum Gasteiger partial charge on any atom is 0.255 e. The van der Waals surface area contributed by atoms with Gasteiger partial charge in [0.05, 0.1) is 12.1 Å². The summed E-state index contributed by atoms with van der Waals surface area (Å²) in [6.07, 6.45) is -2.56. The molecule has 0 atom stereocenters. The van der Waals surface area contributed by atoms with Crippen molar-refractivity contribution in [1.82, 2.24) is 5.32 Å². The number of carbonyl (C=O) groups is 1. The van der Waals surface area contributed by atoms with Gasteiger partial charge in [-0.15, -0.1) is 0 Å². The zero-order chi connectivity index (χ0) is 11.4. The molecule has 0 fully saturated rings. The molecule has 0 heterocycles. The second-order valence-corrected chi connectivity index (χ2v) is 3.69. The molecule has 3 nitrogen and oxygen atoms in total. The molecule has 0 unspecified atom stereocenters. The Labute approximate surface area is 93.8 Å². The Kier molecular flexibility index (Phi) is 4.02. The number of hydrogen-bond donors (Lipinski definition) is 2. The van der Waals surface area contributed by atoms with E-state index in [4.69, 9.17) is 5.73 Å². The van der Waals surface area contributed by atoms with E-state index in [1.54, 1.807) is 12.1 Å². The van der Waals surface area contributed by atoms with E-state index in [2.05, 4.69) is 21.2 Å². The van der Waals surface area contributed by atoms with Crippen molar-refractivity contribution < 1.29 is 13.6 Å². The van der Waals surface area contributed by atoms with Crippen LogP contribution in [0.5, 0.6) is 0 Å². The molecule has 0 spiro atoms. The molecule has 0 bridgehead atoms. The van der Waals surface area contributed by atoms with Gasteiger partial charge in [0.1, 0.15) is 0 Å². The van der Waals surface area contributed by atoms with Gasteiger partial charge in [0.2, 0.25) is 0 Å². The van der Waals surface area contributed by atoms with Gasteiger partial charge in [-0.1, -0.05) is 0 Å². The minimum atomic E-state index is -2.56. The molecule has 0 aliphatic carbocycles. The maximum absolute atomic E-state index is 11.8. The molecule has 1 rings (SSSR count). The Morgan fingerprint density at radius 2 is 2.20 bits per heavy atom. The number of amides is 1. The molecule has 0 aliphatic rings. The van der Waals surface area contributed by atoms with Gasteiger partial charge in [0, 0.05) is 10.2 Å². The van der Waals surface area contributed by atoms with E-state index < -0.39 is 18.9 Å². The van der Waals surface area contributed by atoms with Crippen LogP contribution in [0.2, 0.25) is 0 Å². The fourth-order valence-corrected chi connectivity index (χ4v) is 1.41. The van der Waals surface area contributed by atoms with Crippen LogP contribution in [-0.2, 0) is 0 Å². The molecule has 6 heteroatoms. The van der Waals surface area contributed by atoms with Gasteiger partial charge in [-0.2, -0.15) is 0 Å². The number of nitrogens with one attached hydrogen (secondary N) is 1. The Morgan fingerprint density at radius 3 is 2.80 bits per heavy atom. The summed E-state index contributed by atoms with van der Waals surface area (Å²) in [4.78, 5) is 11.4. The van der Waals surface area contributed by atoms with Gasteiger partial charge >= 0.3 is 0 Å². The number of nitrogens with two attached hydrogens (primary N) is 1. The van der Waals surface area contributed by atoms with Gasteiger partial charge in [-0.25, -0.2) is 8.78 Å². The predicted octanol–water partition coefficient (Wildman–Crippen LogP) is 2.03. The number of hydrogen-bond acceptors (Lipinski definition) is 2. The third-order valence-electron chi connectivity index (χ3n) is 1.65. The highest BCUT2D eigenvalue weighted by Crippen LogP contribution is 2.19. The zero-order valence-corrected chi connectivity index (χ0v) is 9.22. The van der Waals surface area contributed by atoms with Crippen LogP contribution in [0, 0.1) is 0 Å². The van der Waals surface area contributed by atoms with Crippen molar-refractivity contribution in [1.29, 1.82) is 0 Å². The van der Waals surface area contributed by atoms with Crippen molar-refractivity contribution in [2.24, 2.45) is 0 Å². The molecule has 82 valence electrons. The third kappa shape index (κ3) is 3.47. The second kappa shape index (κ2) is 5.06. The lowest BCUT2D eigenvalue weighted by Crippen LogP contribution is -2.28. The Morgan fingerprint density at radius 1 is 1.53 bits per heavy atom. The van der Waals surface area contributed by atoms with E-state index in [0.717, 1.165) is 0 Å². The summed E-state index contributed by atoms with van der Waals surface area (Å²) in [5, 5.41) is 2.09. The van der Waals surface area contributed by atoms with Crippen LogP contribution < -0.4 is 11.1 Å². The highest BCUT2D eigenvalue weighted by Gasteiger charge is 2.12. The van der Waals surface area contributed by atoms with Crippen LogP contribution in [0.15, 0.2) is 22.7 Å². The van der Waals surface area contributed by atoms with Crippen molar-refractivity contribution in [3.8, 4) is 0 Å². The van der Waals surface area contributed by atoms with E-state index in [1.165, 1.54) is 6.07 Å². The first-order valence-corrected chi connectivity index (χ1v) is 4.91. The Balaban J connectivity index is 2.77. The molecule has 0 saturated carbocycles. The zero-order valence-electron chi connectivity index (χ0n) is 7.64. The molecule has 0 saturated heterocycles. The molecule has 0 aromatic heterocycles. The molecule has 0 aliphatic heterocycles. The molecular formula is C9H9BrF2N2O. The number of anilines is 1. The van der Waals surface area contributed by atoms with Gasteiger partial charge in [0.15, 0.2) is 0 Å². The summed E-state index contributed by atoms with van der Waals surface area (Å²) in [6, 6.07) is 4.62. The summed E-state index contributed by atoms with van der Waals surface area (Å²) in [5.74, 6) is -0.575. The highest BCUT2D eigenvalue weighted by molar-refractivity contribution is 9.10. The molecule has 3 N–H and O–H groups in total. The first-order valence-electron chi connectivity index (χ1n) is 4.12. The number of carbonyl (C=O) groups excluding carboxylic acids is 1. The monoisotopic (exact) mass is 278 g/mol. The van der Waals surface area contributed by atoms with Gasteiger partial charge in [-0.05, 0) is 34.1 Å². The quantitative estimate of drug-likeness (QED) is 0.832. The topological polar surface area (TPSA) is 55.1 Å². The minimum absolute atomic E-state index is 0.246. The van der Waals surface area contributed by atoms with Crippen LogP contribution in [0.4, 0.5) is 14.5 Å². The summed E-state index contributed by atoms with van der Waals surface area (Å²) >= 11 is 3.13. The van der Waals surface area contributed by atoms with Gasteiger partial charge < -0.3 is 11.1 Å². The van der Waals surface area contributed by atoms with E-state index in [0.29, 0.717) is 10.2 Å². The molecule has 1 amide bonds. The minimum Gasteiger partial charge on any atom is -0.399 e. The van der Waals surface area contributed by atoms with Crippen LogP contribution in [0.3, 0.4) is 0 Å². The van der Waals surface area contributed by atoms with Crippen molar-refractivity contribution in [2.45, 2.75) is 6.43 Å². The normalized spacial score (nSPS) is 10.4. The number of alkyl halides is 2. The summed E-state index contributed by atoms with van der Waals surface area (Å²) in [7, 11) is 0. The van der Waals surface area contributed by atoms with E-state index >= 15 is 0 Å². The summed E-state index contributed by atoms with van der Waals surface area (Å²) in [6.45, 7) is -0.667. The Hall–Kier alpha value is -1.17. The second-order valence-electron chi connectivity index (χ2n) is 2.84. The molecular weight excluding hydrogens is 270 g/mol. The number of benzene rings is 1. The first kappa shape index (κ1) is 11.9. The number of halogens is 3. The summed E-state index contributed by atoms with van der Waals surface area (Å²) in [5.41, 5.74) is 6.12. The fourth-order valence-electron chi connectivity index (χ4n) is 0.982. The van der Waals surface area contributed by atoms with Crippen LogP contribution >= 0.6 is 15.9 Å². The average molecular weight is 279 g/mol.